The zero-order valence-electron chi connectivity index (χ0n) is 7.11. The molecule has 0 aliphatic carbocycles. The summed E-state index contributed by atoms with van der Waals surface area (Å²) in [5, 5.41) is 0.933. The molecule has 0 aliphatic rings. The van der Waals surface area contributed by atoms with Crippen LogP contribution < -0.4 is 0 Å². The maximum Gasteiger partial charge on any atom is 0.137 e. The molecule has 0 aliphatic heterocycles. The molecule has 0 amide bonds. The molecular weight excluding hydrogens is 196 g/mol. The molecule has 68 valence electrons. The number of hydrogen-bond acceptors (Lipinski definition) is 3. The van der Waals surface area contributed by atoms with E-state index in [4.69, 9.17) is 12.2 Å². The van der Waals surface area contributed by atoms with Crippen molar-refractivity contribution < 1.29 is 0 Å². The molecule has 14 heavy (non-hydrogen) atoms. The number of aromatic amines is 2. The second kappa shape index (κ2) is 2.62. The lowest BCUT2D eigenvalue weighted by molar-refractivity contribution is 1.21. The number of nitrogens with zero attached hydrogens (tertiary/aromatic N) is 2. The molecule has 2 heterocycles. The van der Waals surface area contributed by atoms with Gasteiger partial charge in [0.2, 0.25) is 0 Å². The van der Waals surface area contributed by atoms with E-state index >= 15 is 0 Å². The third kappa shape index (κ3) is 0.898. The second-order valence-electron chi connectivity index (χ2n) is 2.99. The summed E-state index contributed by atoms with van der Waals surface area (Å²) in [7, 11) is 0. The summed E-state index contributed by atoms with van der Waals surface area (Å²) in [6.07, 6.45) is 3.26. The highest BCUT2D eigenvalue weighted by molar-refractivity contribution is 7.71. The Hall–Kier alpha value is -1.75. The van der Waals surface area contributed by atoms with Crippen molar-refractivity contribution in [1.82, 2.24) is 19.9 Å². The van der Waals surface area contributed by atoms with E-state index in [2.05, 4.69) is 19.9 Å². The fourth-order valence-corrected chi connectivity index (χ4v) is 1.78. The van der Waals surface area contributed by atoms with Gasteiger partial charge in [-0.2, -0.15) is 0 Å². The van der Waals surface area contributed by atoms with E-state index in [0.717, 1.165) is 21.9 Å². The molecule has 0 saturated carbocycles. The quantitative estimate of drug-likeness (QED) is 0.549. The van der Waals surface area contributed by atoms with Gasteiger partial charge in [-0.3, -0.25) is 0 Å². The van der Waals surface area contributed by atoms with Gasteiger partial charge in [-0.25, -0.2) is 9.97 Å². The number of hydrogen-bond donors (Lipinski definition) is 2. The van der Waals surface area contributed by atoms with E-state index in [0.29, 0.717) is 4.64 Å². The molecule has 0 unspecified atom stereocenters. The number of aromatic nitrogens is 4. The van der Waals surface area contributed by atoms with Gasteiger partial charge in [0.05, 0.1) is 23.7 Å². The van der Waals surface area contributed by atoms with Crippen molar-refractivity contribution in [3.05, 3.63) is 29.4 Å². The standard InChI is InChI=1S/C9H6N4S/c14-9-5-1-2-6-8(12-3-10-6)7(5)11-4-13-9/h1-4H,(H,10,12)(H,11,13,14). The van der Waals surface area contributed by atoms with E-state index in [1.807, 2.05) is 12.1 Å². The molecule has 0 atom stereocenters. The van der Waals surface area contributed by atoms with E-state index < -0.39 is 0 Å². The molecule has 1 aromatic carbocycles. The van der Waals surface area contributed by atoms with Crippen molar-refractivity contribution >= 4 is 34.2 Å². The van der Waals surface area contributed by atoms with Crippen LogP contribution in [0, 0.1) is 4.64 Å². The normalized spacial score (nSPS) is 11.1. The molecule has 0 saturated heterocycles. The van der Waals surface area contributed by atoms with Crippen LogP contribution in [0.4, 0.5) is 0 Å². The van der Waals surface area contributed by atoms with Crippen LogP contribution in [-0.2, 0) is 0 Å². The van der Waals surface area contributed by atoms with E-state index in [1.54, 1.807) is 12.7 Å². The summed E-state index contributed by atoms with van der Waals surface area (Å²) in [4.78, 5) is 14.4. The highest BCUT2D eigenvalue weighted by Crippen LogP contribution is 2.20. The lowest BCUT2D eigenvalue weighted by Crippen LogP contribution is -1.84. The predicted molar refractivity (Wildman–Crippen MR) is 56.6 cm³/mol. The Morgan fingerprint density at radius 2 is 1.93 bits per heavy atom. The number of nitrogens with one attached hydrogen (secondary N) is 2. The zero-order valence-corrected chi connectivity index (χ0v) is 7.93. The van der Waals surface area contributed by atoms with Crippen LogP contribution in [0.5, 0.6) is 0 Å². The van der Waals surface area contributed by atoms with Crippen molar-refractivity contribution in [3.63, 3.8) is 0 Å². The summed E-state index contributed by atoms with van der Waals surface area (Å²) in [5.74, 6) is 0. The van der Waals surface area contributed by atoms with Crippen LogP contribution in [0.15, 0.2) is 24.8 Å². The van der Waals surface area contributed by atoms with E-state index in [1.165, 1.54) is 0 Å². The highest BCUT2D eigenvalue weighted by atomic mass is 32.1. The number of H-pyrrole nitrogens is 2. The smallest absolute Gasteiger partial charge is 0.137 e. The van der Waals surface area contributed by atoms with Gasteiger partial charge in [0.25, 0.3) is 0 Å². The first-order chi connectivity index (χ1) is 6.86. The number of fused-ring (bicyclic) bond motifs is 3. The van der Waals surface area contributed by atoms with Crippen LogP contribution in [0.1, 0.15) is 0 Å². The molecular formula is C9H6N4S. The molecule has 4 nitrogen and oxygen atoms in total. The summed E-state index contributed by atoms with van der Waals surface area (Å²) >= 11 is 5.12. The van der Waals surface area contributed by atoms with Gasteiger partial charge < -0.3 is 9.97 Å². The largest absolute Gasteiger partial charge is 0.345 e. The fourth-order valence-electron chi connectivity index (χ4n) is 1.56. The van der Waals surface area contributed by atoms with Gasteiger partial charge in [-0.1, -0.05) is 12.2 Å². The van der Waals surface area contributed by atoms with Gasteiger partial charge in [0, 0.05) is 5.39 Å². The third-order valence-corrected chi connectivity index (χ3v) is 2.54. The Morgan fingerprint density at radius 1 is 1.07 bits per heavy atom. The lowest BCUT2D eigenvalue weighted by atomic mass is 10.2. The SMILES string of the molecule is S=c1nc[nH]c2c1ccc1[nH]cnc12. The third-order valence-electron chi connectivity index (χ3n) is 2.21. The minimum Gasteiger partial charge on any atom is -0.345 e. The second-order valence-corrected chi connectivity index (χ2v) is 3.38. The number of rotatable bonds is 0. The average molecular weight is 202 g/mol. The maximum atomic E-state index is 5.12. The fraction of sp³-hybridized carbons (Fsp3) is 0. The maximum absolute atomic E-state index is 5.12. The Bertz CT molecular complexity index is 667. The Morgan fingerprint density at radius 3 is 2.86 bits per heavy atom. The summed E-state index contributed by atoms with van der Waals surface area (Å²) in [6, 6.07) is 3.90. The van der Waals surface area contributed by atoms with Crippen molar-refractivity contribution in [2.75, 3.05) is 0 Å². The molecule has 3 rings (SSSR count). The lowest BCUT2D eigenvalue weighted by Gasteiger charge is -1.97. The summed E-state index contributed by atoms with van der Waals surface area (Å²) in [6.45, 7) is 0. The first-order valence-electron chi connectivity index (χ1n) is 4.16. The topological polar surface area (TPSA) is 57.4 Å². The first-order valence-corrected chi connectivity index (χ1v) is 4.56. The summed E-state index contributed by atoms with van der Waals surface area (Å²) < 4.78 is 0.601. The monoisotopic (exact) mass is 202 g/mol. The van der Waals surface area contributed by atoms with Crippen molar-refractivity contribution in [1.29, 1.82) is 0 Å². The van der Waals surface area contributed by atoms with Crippen LogP contribution in [0.3, 0.4) is 0 Å². The minimum absolute atomic E-state index is 0.601. The molecule has 5 heteroatoms. The van der Waals surface area contributed by atoms with Gasteiger partial charge in [0.15, 0.2) is 0 Å². The Labute approximate surface area is 84.0 Å². The molecule has 2 aromatic heterocycles. The van der Waals surface area contributed by atoms with Gasteiger partial charge >= 0.3 is 0 Å². The number of imidazole rings is 1. The van der Waals surface area contributed by atoms with Crippen molar-refractivity contribution in [3.8, 4) is 0 Å². The van der Waals surface area contributed by atoms with Crippen LogP contribution in [0.25, 0.3) is 21.9 Å². The van der Waals surface area contributed by atoms with E-state index in [-0.39, 0.29) is 0 Å². The first kappa shape index (κ1) is 7.64. The Balaban J connectivity index is 2.71. The summed E-state index contributed by atoms with van der Waals surface area (Å²) in [5.41, 5.74) is 2.83. The Kier molecular flexibility index (Phi) is 1.43. The molecule has 0 bridgehead atoms. The van der Waals surface area contributed by atoms with Crippen molar-refractivity contribution in [2.45, 2.75) is 0 Å². The predicted octanol–water partition coefficient (Wildman–Crippen LogP) is 2.17. The molecule has 0 radical (unpaired) electrons. The van der Waals surface area contributed by atoms with Gasteiger partial charge in [0.1, 0.15) is 10.2 Å². The highest BCUT2D eigenvalue weighted by Gasteiger charge is 2.03. The van der Waals surface area contributed by atoms with Gasteiger partial charge in [-0.15, -0.1) is 0 Å². The minimum atomic E-state index is 0.601. The molecule has 0 spiro atoms. The van der Waals surface area contributed by atoms with E-state index in [9.17, 15) is 0 Å². The molecule has 3 aromatic rings. The number of benzene rings is 1. The van der Waals surface area contributed by atoms with Crippen LogP contribution >= 0.6 is 12.2 Å². The van der Waals surface area contributed by atoms with Crippen LogP contribution in [0.2, 0.25) is 0 Å². The van der Waals surface area contributed by atoms with Gasteiger partial charge in [-0.05, 0) is 12.1 Å². The zero-order chi connectivity index (χ0) is 9.54. The average Bonchev–Trinajstić information content (AvgIpc) is 2.66. The molecule has 0 fully saturated rings. The molecule has 2 N–H and O–H groups in total. The van der Waals surface area contributed by atoms with Crippen LogP contribution in [-0.4, -0.2) is 19.9 Å². The van der Waals surface area contributed by atoms with Crippen molar-refractivity contribution in [2.24, 2.45) is 0 Å².